The summed E-state index contributed by atoms with van der Waals surface area (Å²) in [5.41, 5.74) is 0.287. The molecule has 0 bridgehead atoms. The molecule has 2 amide bonds. The first-order valence-electron chi connectivity index (χ1n) is 7.81. The SMILES string of the molecule is CC1(OCc2ccccc2)C=CC(OC(=O)ON2C(=O)CCC2=O)=C1. The maximum atomic E-state index is 11.7. The molecule has 1 fully saturated rings. The standard InChI is InChI=1S/C18H17NO6/c1-18(23-12-13-5-3-2-4-6-13)10-9-14(11-18)24-17(22)25-19-15(20)7-8-16(19)21/h2-6,9-11H,7-8,12H2,1H3. The highest BCUT2D eigenvalue weighted by Crippen LogP contribution is 2.26. The molecular formula is C18H17NO6. The Kier molecular flexibility index (Phi) is 4.67. The second-order valence-corrected chi connectivity index (χ2v) is 5.86. The molecule has 1 heterocycles. The van der Waals surface area contributed by atoms with Gasteiger partial charge in [0.25, 0.3) is 11.8 Å². The van der Waals surface area contributed by atoms with Crippen LogP contribution in [-0.4, -0.2) is 28.6 Å². The van der Waals surface area contributed by atoms with Gasteiger partial charge in [0.05, 0.1) is 6.61 Å². The number of hydroxylamine groups is 2. The van der Waals surface area contributed by atoms with Crippen molar-refractivity contribution < 1.29 is 28.7 Å². The Morgan fingerprint density at radius 1 is 1.16 bits per heavy atom. The van der Waals surface area contributed by atoms with Crippen LogP contribution in [-0.2, 0) is 30.5 Å². The van der Waals surface area contributed by atoms with Gasteiger partial charge in [0, 0.05) is 12.8 Å². The van der Waals surface area contributed by atoms with E-state index in [0.29, 0.717) is 11.7 Å². The van der Waals surface area contributed by atoms with Gasteiger partial charge in [-0.15, -0.1) is 0 Å². The van der Waals surface area contributed by atoms with Crippen molar-refractivity contribution in [2.45, 2.75) is 32.0 Å². The zero-order valence-corrected chi connectivity index (χ0v) is 13.6. The van der Waals surface area contributed by atoms with E-state index in [1.54, 1.807) is 18.2 Å². The van der Waals surface area contributed by atoms with Crippen LogP contribution in [0, 0.1) is 0 Å². The van der Waals surface area contributed by atoms with Crippen LogP contribution in [0.1, 0.15) is 25.3 Å². The summed E-state index contributed by atoms with van der Waals surface area (Å²) in [7, 11) is 0. The molecule has 1 saturated heterocycles. The molecule has 3 rings (SSSR count). The van der Waals surface area contributed by atoms with Crippen LogP contribution in [0.3, 0.4) is 0 Å². The van der Waals surface area contributed by atoms with E-state index >= 15 is 0 Å². The molecule has 0 saturated carbocycles. The lowest BCUT2D eigenvalue weighted by Gasteiger charge is -2.20. The van der Waals surface area contributed by atoms with Crippen molar-refractivity contribution in [2.75, 3.05) is 0 Å². The summed E-state index contributed by atoms with van der Waals surface area (Å²) in [5, 5.41) is 0.437. The summed E-state index contributed by atoms with van der Waals surface area (Å²) in [6, 6.07) is 9.67. The lowest BCUT2D eigenvalue weighted by Crippen LogP contribution is -2.32. The summed E-state index contributed by atoms with van der Waals surface area (Å²) in [4.78, 5) is 39.2. The Balaban J connectivity index is 1.54. The van der Waals surface area contributed by atoms with Crippen LogP contribution in [0.4, 0.5) is 4.79 Å². The summed E-state index contributed by atoms with van der Waals surface area (Å²) in [5.74, 6) is -0.900. The van der Waals surface area contributed by atoms with E-state index < -0.39 is 23.6 Å². The van der Waals surface area contributed by atoms with Crippen LogP contribution >= 0.6 is 0 Å². The Labute approximate surface area is 144 Å². The number of benzene rings is 1. The predicted octanol–water partition coefficient (Wildman–Crippen LogP) is 2.63. The van der Waals surface area contributed by atoms with Crippen molar-refractivity contribution >= 4 is 18.0 Å². The van der Waals surface area contributed by atoms with E-state index in [9.17, 15) is 14.4 Å². The van der Waals surface area contributed by atoms with Gasteiger partial charge in [-0.2, -0.15) is 0 Å². The normalized spacial score (nSPS) is 22.3. The Bertz CT molecular complexity index is 738. The van der Waals surface area contributed by atoms with E-state index in [-0.39, 0.29) is 18.6 Å². The number of hydrogen-bond donors (Lipinski definition) is 0. The molecule has 1 aromatic rings. The van der Waals surface area contributed by atoms with E-state index in [1.165, 1.54) is 0 Å². The van der Waals surface area contributed by atoms with Gasteiger partial charge in [0.2, 0.25) is 0 Å². The van der Waals surface area contributed by atoms with E-state index in [0.717, 1.165) is 5.56 Å². The smallest absolute Gasteiger partial charge is 0.394 e. The molecule has 0 radical (unpaired) electrons. The van der Waals surface area contributed by atoms with Crippen molar-refractivity contribution in [3.8, 4) is 0 Å². The minimum atomic E-state index is -1.15. The number of nitrogens with zero attached hydrogens (tertiary/aromatic N) is 1. The van der Waals surface area contributed by atoms with E-state index in [2.05, 4.69) is 4.84 Å². The van der Waals surface area contributed by atoms with Gasteiger partial charge in [-0.3, -0.25) is 14.4 Å². The number of ether oxygens (including phenoxy) is 2. The lowest BCUT2D eigenvalue weighted by molar-refractivity contribution is -0.175. The summed E-state index contributed by atoms with van der Waals surface area (Å²) in [6.45, 7) is 2.22. The third-order valence-electron chi connectivity index (χ3n) is 3.77. The molecule has 0 aromatic heterocycles. The topological polar surface area (TPSA) is 82.1 Å². The molecule has 1 aliphatic heterocycles. The molecule has 1 aliphatic carbocycles. The van der Waals surface area contributed by atoms with Crippen molar-refractivity contribution in [3.05, 3.63) is 59.9 Å². The van der Waals surface area contributed by atoms with Crippen molar-refractivity contribution in [3.63, 3.8) is 0 Å². The van der Waals surface area contributed by atoms with Crippen LogP contribution in [0.5, 0.6) is 0 Å². The summed E-state index contributed by atoms with van der Waals surface area (Å²) in [6.07, 6.45) is 3.84. The van der Waals surface area contributed by atoms with Crippen molar-refractivity contribution in [1.82, 2.24) is 5.06 Å². The highest BCUT2D eigenvalue weighted by atomic mass is 16.8. The quantitative estimate of drug-likeness (QED) is 0.604. The van der Waals surface area contributed by atoms with Crippen molar-refractivity contribution in [1.29, 1.82) is 0 Å². The molecule has 1 atom stereocenters. The van der Waals surface area contributed by atoms with Gasteiger partial charge >= 0.3 is 6.16 Å². The van der Waals surface area contributed by atoms with Gasteiger partial charge in [0.15, 0.2) is 0 Å². The maximum absolute atomic E-state index is 11.7. The lowest BCUT2D eigenvalue weighted by atomic mass is 10.1. The number of carbonyl (C=O) groups excluding carboxylic acids is 3. The number of amides is 2. The van der Waals surface area contributed by atoms with Crippen molar-refractivity contribution in [2.24, 2.45) is 0 Å². The number of imide groups is 1. The van der Waals surface area contributed by atoms with Gasteiger partial charge in [-0.1, -0.05) is 35.4 Å². The number of rotatable bonds is 5. The molecular weight excluding hydrogens is 326 g/mol. The molecule has 25 heavy (non-hydrogen) atoms. The predicted molar refractivity (Wildman–Crippen MR) is 85.5 cm³/mol. The fourth-order valence-corrected chi connectivity index (χ4v) is 2.44. The Hall–Kier alpha value is -2.93. The summed E-state index contributed by atoms with van der Waals surface area (Å²) < 4.78 is 10.8. The highest BCUT2D eigenvalue weighted by molar-refractivity contribution is 6.01. The van der Waals surface area contributed by atoms with Crippen LogP contribution in [0.15, 0.2) is 54.3 Å². The number of hydrogen-bond acceptors (Lipinski definition) is 6. The Morgan fingerprint density at radius 3 is 2.52 bits per heavy atom. The third kappa shape index (κ3) is 4.13. The third-order valence-corrected chi connectivity index (χ3v) is 3.77. The van der Waals surface area contributed by atoms with Crippen LogP contribution in [0.2, 0.25) is 0 Å². The van der Waals surface area contributed by atoms with E-state index in [1.807, 2.05) is 37.3 Å². The number of allylic oxidation sites excluding steroid dienone is 1. The van der Waals surface area contributed by atoms with Gasteiger partial charge in [-0.25, -0.2) is 4.79 Å². The fourth-order valence-electron chi connectivity index (χ4n) is 2.44. The van der Waals surface area contributed by atoms with Crippen LogP contribution in [0.25, 0.3) is 0 Å². The average molecular weight is 343 g/mol. The zero-order chi connectivity index (χ0) is 17.9. The molecule has 0 N–H and O–H groups in total. The molecule has 1 aromatic carbocycles. The minimum Gasteiger partial charge on any atom is -0.394 e. The molecule has 1 unspecified atom stereocenters. The molecule has 7 nitrogen and oxygen atoms in total. The van der Waals surface area contributed by atoms with Gasteiger partial charge in [-0.05, 0) is 30.7 Å². The maximum Gasteiger partial charge on any atom is 0.539 e. The van der Waals surface area contributed by atoms with Gasteiger partial charge in [0.1, 0.15) is 11.4 Å². The minimum absolute atomic E-state index is 0.0279. The zero-order valence-electron chi connectivity index (χ0n) is 13.6. The molecule has 7 heteroatoms. The fraction of sp³-hybridized carbons (Fsp3) is 0.278. The molecule has 0 spiro atoms. The summed E-state index contributed by atoms with van der Waals surface area (Å²) >= 11 is 0. The second kappa shape index (κ2) is 6.90. The van der Waals surface area contributed by atoms with Crippen LogP contribution < -0.4 is 0 Å². The van der Waals surface area contributed by atoms with Gasteiger partial charge < -0.3 is 9.47 Å². The Morgan fingerprint density at radius 2 is 1.84 bits per heavy atom. The monoisotopic (exact) mass is 343 g/mol. The largest absolute Gasteiger partial charge is 0.539 e. The molecule has 130 valence electrons. The first-order chi connectivity index (χ1) is 12.0. The highest BCUT2D eigenvalue weighted by Gasteiger charge is 2.34. The molecule has 2 aliphatic rings. The van der Waals surface area contributed by atoms with E-state index in [4.69, 9.17) is 9.47 Å². The first kappa shape index (κ1) is 16.9. The average Bonchev–Trinajstić information content (AvgIpc) is 3.11. The first-order valence-corrected chi connectivity index (χ1v) is 7.81. The second-order valence-electron chi connectivity index (χ2n) is 5.86. The number of carbonyl (C=O) groups is 3.